The first-order valence-corrected chi connectivity index (χ1v) is 11.6. The number of ether oxygens (including phenoxy) is 1. The summed E-state index contributed by atoms with van der Waals surface area (Å²) in [5.74, 6) is 0. The van der Waals surface area contributed by atoms with Gasteiger partial charge in [-0.05, 0) is 55.1 Å². The summed E-state index contributed by atoms with van der Waals surface area (Å²) in [6, 6.07) is 21.1. The molecule has 2 aliphatic rings. The number of benzene rings is 2. The molecule has 0 saturated carbocycles. The number of halogens is 3. The lowest BCUT2D eigenvalue weighted by Gasteiger charge is -2.40. The first kappa shape index (κ1) is 24.3. The summed E-state index contributed by atoms with van der Waals surface area (Å²) in [7, 11) is 0. The fourth-order valence-electron chi connectivity index (χ4n) is 5.20. The average molecular weight is 467 g/mol. The fourth-order valence-corrected chi connectivity index (χ4v) is 5.20. The van der Waals surface area contributed by atoms with Crippen molar-refractivity contribution in [2.24, 2.45) is 5.41 Å². The molecule has 1 N–H and O–H groups in total. The zero-order valence-corrected chi connectivity index (χ0v) is 19.3. The number of piperidine rings is 1. The van der Waals surface area contributed by atoms with Crippen LogP contribution in [0.25, 0.3) is 5.57 Å². The van der Waals surface area contributed by atoms with Gasteiger partial charge in [0.15, 0.2) is 0 Å². The quantitative estimate of drug-likeness (QED) is 0.551. The highest BCUT2D eigenvalue weighted by atomic mass is 19.4. The van der Waals surface area contributed by atoms with Crippen LogP contribution in [0.1, 0.15) is 37.3 Å². The summed E-state index contributed by atoms with van der Waals surface area (Å²) < 4.78 is 48.3. The molecule has 178 valence electrons. The molecule has 1 fully saturated rings. The van der Waals surface area contributed by atoms with Gasteiger partial charge in [-0.3, -0.25) is 0 Å². The molecule has 0 bridgehead atoms. The minimum atomic E-state index is -4.62. The Morgan fingerprint density at radius 1 is 0.971 bits per heavy atom. The SMILES string of the molecule is CC1(COCC2(c3ccccc3)CCNCC2)CC(c2ccccc2)=CC(C(F)(F)F)=C1C#N. The number of alkyl halides is 3. The highest BCUT2D eigenvalue weighted by Gasteiger charge is 2.45. The van der Waals surface area contributed by atoms with E-state index < -0.39 is 17.2 Å². The van der Waals surface area contributed by atoms with Gasteiger partial charge in [0, 0.05) is 10.8 Å². The lowest BCUT2D eigenvalue weighted by molar-refractivity contribution is -0.0905. The van der Waals surface area contributed by atoms with E-state index in [1.807, 2.05) is 42.5 Å². The Labute approximate surface area is 198 Å². The van der Waals surface area contributed by atoms with Crippen LogP contribution in [-0.2, 0) is 10.2 Å². The van der Waals surface area contributed by atoms with Gasteiger partial charge in [0.1, 0.15) is 0 Å². The molecule has 6 heteroatoms. The first-order valence-electron chi connectivity index (χ1n) is 11.6. The van der Waals surface area contributed by atoms with Crippen molar-refractivity contribution in [1.29, 1.82) is 5.26 Å². The van der Waals surface area contributed by atoms with Crippen molar-refractivity contribution < 1.29 is 17.9 Å². The minimum absolute atomic E-state index is 0.0433. The molecule has 0 radical (unpaired) electrons. The Hall–Kier alpha value is -2.88. The fraction of sp³-hybridized carbons (Fsp3) is 0.393. The van der Waals surface area contributed by atoms with E-state index in [-0.39, 0.29) is 17.6 Å². The zero-order chi connectivity index (χ0) is 24.2. The molecule has 4 rings (SSSR count). The van der Waals surface area contributed by atoms with Crippen LogP contribution >= 0.6 is 0 Å². The Morgan fingerprint density at radius 3 is 2.18 bits per heavy atom. The van der Waals surface area contributed by atoms with E-state index in [0.29, 0.717) is 18.6 Å². The lowest BCUT2D eigenvalue weighted by Crippen LogP contribution is -2.44. The summed E-state index contributed by atoms with van der Waals surface area (Å²) in [5, 5.41) is 13.2. The molecule has 2 aromatic rings. The van der Waals surface area contributed by atoms with E-state index in [9.17, 15) is 18.4 Å². The molecule has 0 aromatic heterocycles. The minimum Gasteiger partial charge on any atom is -0.380 e. The van der Waals surface area contributed by atoms with Crippen molar-refractivity contribution in [1.82, 2.24) is 5.32 Å². The molecule has 1 atom stereocenters. The molecule has 1 heterocycles. The van der Waals surface area contributed by atoms with Gasteiger partial charge in [0.25, 0.3) is 0 Å². The van der Waals surface area contributed by atoms with Crippen LogP contribution < -0.4 is 5.32 Å². The van der Waals surface area contributed by atoms with Gasteiger partial charge in [-0.1, -0.05) is 67.6 Å². The molecule has 0 amide bonds. The number of nitrogens with one attached hydrogen (secondary N) is 1. The monoisotopic (exact) mass is 466 g/mol. The maximum absolute atomic E-state index is 14.0. The van der Waals surface area contributed by atoms with Crippen LogP contribution in [-0.4, -0.2) is 32.5 Å². The average Bonchev–Trinajstić information content (AvgIpc) is 2.84. The third-order valence-corrected chi connectivity index (χ3v) is 7.08. The molecule has 1 unspecified atom stereocenters. The number of rotatable bonds is 6. The standard InChI is InChI=1S/C28H29F3N2O/c1-26(19-34-20-27(12-14-33-15-13-27)23-10-6-3-7-11-23)17-22(21-8-4-2-5-9-21)16-24(25(26)18-32)28(29,30)31/h2-11,16,33H,12-15,17,19-20H2,1H3. The molecule has 1 aliphatic heterocycles. The number of allylic oxidation sites excluding steroid dienone is 3. The number of hydrogen-bond acceptors (Lipinski definition) is 3. The van der Waals surface area contributed by atoms with Crippen LogP contribution in [0.3, 0.4) is 0 Å². The molecule has 2 aromatic carbocycles. The van der Waals surface area contributed by atoms with Crippen molar-refractivity contribution in [3.8, 4) is 6.07 Å². The van der Waals surface area contributed by atoms with Crippen molar-refractivity contribution in [3.63, 3.8) is 0 Å². The van der Waals surface area contributed by atoms with E-state index in [1.165, 1.54) is 5.56 Å². The highest BCUT2D eigenvalue weighted by molar-refractivity contribution is 5.73. The first-order chi connectivity index (χ1) is 16.3. The Morgan fingerprint density at radius 2 is 1.59 bits per heavy atom. The van der Waals surface area contributed by atoms with Crippen LogP contribution in [0, 0.1) is 16.7 Å². The van der Waals surface area contributed by atoms with Crippen molar-refractivity contribution in [3.05, 3.63) is 89.0 Å². The van der Waals surface area contributed by atoms with E-state index in [0.717, 1.165) is 37.6 Å². The third-order valence-electron chi connectivity index (χ3n) is 7.08. The van der Waals surface area contributed by atoms with Gasteiger partial charge in [-0.15, -0.1) is 0 Å². The highest BCUT2D eigenvalue weighted by Crippen LogP contribution is 2.48. The molecule has 3 nitrogen and oxygen atoms in total. The van der Waals surface area contributed by atoms with E-state index in [2.05, 4.69) is 17.4 Å². The second-order valence-corrected chi connectivity index (χ2v) is 9.56. The zero-order valence-electron chi connectivity index (χ0n) is 19.3. The summed E-state index contributed by atoms with van der Waals surface area (Å²) in [4.78, 5) is 0. The van der Waals surface area contributed by atoms with Gasteiger partial charge in [-0.25, -0.2) is 0 Å². The topological polar surface area (TPSA) is 45.0 Å². The van der Waals surface area contributed by atoms with E-state index in [1.54, 1.807) is 19.1 Å². The van der Waals surface area contributed by atoms with Gasteiger partial charge >= 0.3 is 6.18 Å². The maximum Gasteiger partial charge on any atom is 0.417 e. The Balaban J connectivity index is 1.63. The number of nitrogens with zero attached hydrogens (tertiary/aromatic N) is 1. The lowest BCUT2D eigenvalue weighted by atomic mass is 9.70. The molecular formula is C28H29F3N2O. The Bertz CT molecular complexity index is 1090. The summed E-state index contributed by atoms with van der Waals surface area (Å²) in [5.41, 5.74) is 0.0830. The van der Waals surface area contributed by atoms with Crippen LogP contribution in [0.15, 0.2) is 77.9 Å². The molecule has 0 spiro atoms. The maximum atomic E-state index is 14.0. The smallest absolute Gasteiger partial charge is 0.380 e. The number of hydrogen-bond donors (Lipinski definition) is 1. The second-order valence-electron chi connectivity index (χ2n) is 9.56. The Kier molecular flexibility index (Phi) is 6.97. The van der Waals surface area contributed by atoms with Crippen molar-refractivity contribution in [2.45, 2.75) is 37.8 Å². The van der Waals surface area contributed by atoms with Crippen molar-refractivity contribution in [2.75, 3.05) is 26.3 Å². The van der Waals surface area contributed by atoms with Gasteiger partial charge in [-0.2, -0.15) is 18.4 Å². The van der Waals surface area contributed by atoms with Gasteiger partial charge in [0.2, 0.25) is 0 Å². The summed E-state index contributed by atoms with van der Waals surface area (Å²) >= 11 is 0. The molecule has 1 aliphatic carbocycles. The second kappa shape index (κ2) is 9.77. The van der Waals surface area contributed by atoms with Gasteiger partial charge in [0.05, 0.1) is 30.4 Å². The predicted molar refractivity (Wildman–Crippen MR) is 127 cm³/mol. The summed E-state index contributed by atoms with van der Waals surface area (Å²) in [6.45, 7) is 3.88. The van der Waals surface area contributed by atoms with Crippen LogP contribution in [0.5, 0.6) is 0 Å². The molecular weight excluding hydrogens is 437 g/mol. The molecule has 1 saturated heterocycles. The normalized spacial score (nSPS) is 22.7. The molecule has 34 heavy (non-hydrogen) atoms. The largest absolute Gasteiger partial charge is 0.417 e. The number of nitriles is 1. The van der Waals surface area contributed by atoms with Crippen LogP contribution in [0.2, 0.25) is 0 Å². The van der Waals surface area contributed by atoms with E-state index in [4.69, 9.17) is 4.74 Å². The van der Waals surface area contributed by atoms with Gasteiger partial charge < -0.3 is 10.1 Å². The third kappa shape index (κ3) is 4.96. The van der Waals surface area contributed by atoms with Crippen molar-refractivity contribution >= 4 is 5.57 Å². The predicted octanol–water partition coefficient (Wildman–Crippen LogP) is 6.20. The van der Waals surface area contributed by atoms with E-state index >= 15 is 0 Å². The summed E-state index contributed by atoms with van der Waals surface area (Å²) in [6.07, 6.45) is -1.41. The van der Waals surface area contributed by atoms with Crippen LogP contribution in [0.4, 0.5) is 13.2 Å².